The Labute approximate surface area is 340 Å². The molecular weight excluding hydrogens is 777 g/mol. The Kier molecular flexibility index (Phi) is 17.1. The maximum absolute atomic E-state index is 16.4. The molecular formula is C40H53FN5O7PS2. The summed E-state index contributed by atoms with van der Waals surface area (Å²) in [5.74, 6) is 2.31. The second-order valence-electron chi connectivity index (χ2n) is 14.1. The molecule has 1 aliphatic heterocycles. The number of benzene rings is 2. The zero-order valence-electron chi connectivity index (χ0n) is 33.7. The van der Waals surface area contributed by atoms with Crippen molar-refractivity contribution < 1.29 is 33.9 Å². The van der Waals surface area contributed by atoms with Crippen LogP contribution in [0, 0.1) is 12.3 Å². The average Bonchev–Trinajstić information content (AvgIpc) is 3.49. The van der Waals surface area contributed by atoms with Gasteiger partial charge < -0.3 is 29.2 Å². The lowest BCUT2D eigenvalue weighted by Crippen LogP contribution is -2.38. The zero-order valence-corrected chi connectivity index (χ0v) is 35.2. The number of terminal acetylenes is 1. The van der Waals surface area contributed by atoms with Gasteiger partial charge in [0, 0.05) is 35.7 Å². The predicted molar refractivity (Wildman–Crippen MR) is 222 cm³/mol. The van der Waals surface area contributed by atoms with Gasteiger partial charge in [0.25, 0.3) is 14.4 Å². The Morgan fingerprint density at radius 2 is 1.84 bits per heavy atom. The van der Waals surface area contributed by atoms with Crippen LogP contribution in [0.25, 0.3) is 0 Å². The number of hydrogen-bond donors (Lipinski definition) is 2. The number of ether oxygens (including phenoxy) is 2. The number of aromatic nitrogens is 2. The summed E-state index contributed by atoms with van der Waals surface area (Å²) in [4.78, 5) is 42.7. The Bertz CT molecular complexity index is 1850. The quantitative estimate of drug-likeness (QED) is 0.0627. The van der Waals surface area contributed by atoms with Gasteiger partial charge >= 0.3 is 5.69 Å². The molecule has 1 saturated heterocycles. The summed E-state index contributed by atoms with van der Waals surface area (Å²) in [6, 6.07) is 18.2. The van der Waals surface area contributed by atoms with E-state index in [2.05, 4.69) is 41.5 Å². The summed E-state index contributed by atoms with van der Waals surface area (Å²) in [6.45, 7) is 12.1. The van der Waals surface area contributed by atoms with Gasteiger partial charge in [0.2, 0.25) is 5.91 Å². The fourth-order valence-electron chi connectivity index (χ4n) is 5.67. The van der Waals surface area contributed by atoms with E-state index in [0.29, 0.717) is 25.0 Å². The van der Waals surface area contributed by atoms with Gasteiger partial charge in [-0.15, -0.1) is 6.42 Å². The van der Waals surface area contributed by atoms with Crippen LogP contribution in [0.2, 0.25) is 0 Å². The molecule has 3 aromatic rings. The van der Waals surface area contributed by atoms with Crippen molar-refractivity contribution in [3.8, 4) is 18.1 Å². The van der Waals surface area contributed by atoms with E-state index in [1.54, 1.807) is 45.9 Å². The van der Waals surface area contributed by atoms with Gasteiger partial charge in [-0.05, 0) is 91.1 Å². The maximum atomic E-state index is 16.4. The lowest BCUT2D eigenvalue weighted by Gasteiger charge is -2.37. The van der Waals surface area contributed by atoms with Crippen molar-refractivity contribution in [3.05, 3.63) is 82.9 Å². The van der Waals surface area contributed by atoms with Crippen molar-refractivity contribution in [1.82, 2.24) is 19.5 Å². The van der Waals surface area contributed by atoms with Crippen molar-refractivity contribution >= 4 is 47.7 Å². The molecule has 1 aromatic heterocycles. The number of alkyl halides is 1. The molecule has 0 radical (unpaired) electrons. The molecule has 1 fully saturated rings. The number of para-hydroxylation sites is 1. The molecule has 5 atom stereocenters. The minimum Gasteiger partial charge on any atom is -0.484 e. The van der Waals surface area contributed by atoms with Gasteiger partial charge in [-0.2, -0.15) is 4.98 Å². The summed E-state index contributed by atoms with van der Waals surface area (Å²) in [5, 5.41) is 5.23. The molecule has 1 aliphatic rings. The fraction of sp³-hybridized carbons (Fsp3) is 0.500. The highest BCUT2D eigenvalue weighted by atomic mass is 33.1. The number of rotatable bonds is 21. The van der Waals surface area contributed by atoms with Gasteiger partial charge in [-0.3, -0.25) is 14.2 Å². The van der Waals surface area contributed by atoms with Crippen LogP contribution in [0.3, 0.4) is 0 Å². The van der Waals surface area contributed by atoms with E-state index in [1.165, 1.54) is 12.3 Å². The molecule has 0 spiro atoms. The molecule has 2 heterocycles. The van der Waals surface area contributed by atoms with Crippen LogP contribution in [-0.4, -0.2) is 81.0 Å². The Balaban J connectivity index is 1.41. The first kappa shape index (κ1) is 43.6. The molecule has 0 aliphatic carbocycles. The summed E-state index contributed by atoms with van der Waals surface area (Å²) >= 11 is 0. The highest BCUT2D eigenvalue weighted by molar-refractivity contribution is 8.77. The lowest BCUT2D eigenvalue weighted by atomic mass is 10.1. The molecule has 56 heavy (non-hydrogen) atoms. The zero-order chi connectivity index (χ0) is 41.5. The van der Waals surface area contributed by atoms with Crippen molar-refractivity contribution in [3.63, 3.8) is 0 Å². The van der Waals surface area contributed by atoms with Gasteiger partial charge in [0.1, 0.15) is 17.7 Å². The van der Waals surface area contributed by atoms with Gasteiger partial charge in [0.15, 0.2) is 19.0 Å². The monoisotopic (exact) mass is 830 g/mol. The van der Waals surface area contributed by atoms with Crippen molar-refractivity contribution in [2.24, 2.45) is 0 Å². The number of carbonyl (C=O) groups excluding carboxylic acids is 2. The van der Waals surface area contributed by atoms with Crippen LogP contribution < -0.4 is 21.1 Å². The smallest absolute Gasteiger partial charge is 0.351 e. The molecule has 0 bridgehead atoms. The SMILES string of the molecule is [2H]C[C@H]1O[C@@H](n2ccc(NC(=O)COc3ccccc3)nc2=O)[C@@H](F)C1OP(OCCc1ccccc1SSC(C)(C)CCC(=O)NCC#C)N(C(C)C)C(C)C. The van der Waals surface area contributed by atoms with E-state index < -0.39 is 44.7 Å². The first-order valence-electron chi connectivity index (χ1n) is 19.1. The number of anilines is 1. The Morgan fingerprint density at radius 3 is 2.52 bits per heavy atom. The van der Waals surface area contributed by atoms with Crippen LogP contribution in [0.4, 0.5) is 10.2 Å². The maximum Gasteiger partial charge on any atom is 0.351 e. The van der Waals surface area contributed by atoms with E-state index in [9.17, 15) is 14.4 Å². The van der Waals surface area contributed by atoms with E-state index in [0.717, 1.165) is 15.0 Å². The molecule has 4 rings (SSSR count). The molecule has 2 unspecified atom stereocenters. The van der Waals surface area contributed by atoms with Crippen LogP contribution in [0.1, 0.15) is 74.4 Å². The highest BCUT2D eigenvalue weighted by Gasteiger charge is 2.48. The first-order chi connectivity index (χ1) is 27.2. The average molecular weight is 831 g/mol. The molecule has 2 N–H and O–H groups in total. The van der Waals surface area contributed by atoms with Crippen LogP contribution >= 0.6 is 30.1 Å². The molecule has 12 nitrogen and oxygen atoms in total. The minimum atomic E-state index is -1.85. The van der Waals surface area contributed by atoms with E-state index in [4.69, 9.17) is 26.3 Å². The number of amides is 2. The number of carbonyl (C=O) groups is 2. The lowest BCUT2D eigenvalue weighted by molar-refractivity contribution is -0.121. The predicted octanol–water partition coefficient (Wildman–Crippen LogP) is 7.55. The normalized spacial score (nSPS) is 19.1. The van der Waals surface area contributed by atoms with Crippen LogP contribution in [0.15, 0.2) is 76.6 Å². The minimum absolute atomic E-state index is 0.0236. The number of halogens is 1. The third-order valence-corrected chi connectivity index (χ3v) is 14.0. The highest BCUT2D eigenvalue weighted by Crippen LogP contribution is 2.51. The second kappa shape index (κ2) is 21.9. The summed E-state index contributed by atoms with van der Waals surface area (Å²) in [5.41, 5.74) is 0.224. The topological polar surface area (TPSA) is 133 Å². The number of hydrogen-bond acceptors (Lipinski definition) is 11. The molecule has 304 valence electrons. The summed E-state index contributed by atoms with van der Waals surface area (Å²) in [7, 11) is 1.49. The van der Waals surface area contributed by atoms with Crippen LogP contribution in [0.5, 0.6) is 5.75 Å². The van der Waals surface area contributed by atoms with E-state index in [-0.39, 0.29) is 55.2 Å². The third-order valence-electron chi connectivity index (χ3n) is 8.45. The second-order valence-corrected chi connectivity index (χ2v) is 18.4. The molecule has 0 saturated carbocycles. The molecule has 2 aromatic carbocycles. The van der Waals surface area contributed by atoms with Crippen molar-refractivity contribution in [2.75, 3.05) is 25.1 Å². The summed E-state index contributed by atoms with van der Waals surface area (Å²) in [6.07, 6.45) is 2.69. The number of nitrogens with one attached hydrogen (secondary N) is 2. The molecule has 2 amide bonds. The fourth-order valence-corrected chi connectivity index (χ4v) is 10.0. The standard InChI is InChI=1S/C40H53FN5O7PS2/c1-9-23-42-34(47)19-22-40(7,8)56-55-32-18-14-13-15-30(32)21-25-51-54(46(27(2)3)28(4)5)53-37-29(6)52-38(36(37)41)45-24-20-33(44-39(45)49)43-35(48)26-50-31-16-11-10-12-17-31/h1,10-18,20,24,27-29,36-38H,19,21-23,25-26H2,2-8H3,(H,42,47)(H,43,44,48,49)/t29-,36+,37?,38-,54?/m1/s1/i6D. The van der Waals surface area contributed by atoms with Gasteiger partial charge in [-0.25, -0.2) is 13.9 Å². The van der Waals surface area contributed by atoms with E-state index in [1.807, 2.05) is 56.6 Å². The van der Waals surface area contributed by atoms with Crippen LogP contribution in [-0.2, 0) is 29.8 Å². The first-order valence-corrected chi connectivity index (χ1v) is 21.7. The largest absolute Gasteiger partial charge is 0.484 e. The van der Waals surface area contributed by atoms with E-state index >= 15 is 4.39 Å². The Morgan fingerprint density at radius 1 is 1.12 bits per heavy atom. The summed E-state index contributed by atoms with van der Waals surface area (Å²) < 4.78 is 51.8. The number of nitrogens with zero attached hydrogens (tertiary/aromatic N) is 3. The Hall–Kier alpha value is -3.48. The van der Waals surface area contributed by atoms with Crippen molar-refractivity contribution in [2.45, 2.75) is 114 Å². The van der Waals surface area contributed by atoms with Crippen molar-refractivity contribution in [1.29, 1.82) is 0 Å². The molecule has 16 heteroatoms. The van der Waals surface area contributed by atoms with Gasteiger partial charge in [0.05, 0.1) is 19.3 Å². The third kappa shape index (κ3) is 13.6. The van der Waals surface area contributed by atoms with Gasteiger partial charge in [-0.1, -0.05) is 63.9 Å².